The van der Waals surface area contributed by atoms with E-state index in [1.807, 2.05) is 60.7 Å². The first kappa shape index (κ1) is 14.7. The van der Waals surface area contributed by atoms with Crippen molar-refractivity contribution in [3.05, 3.63) is 60.7 Å². The predicted molar refractivity (Wildman–Crippen MR) is 49.3 cm³/mol. The standard InChI is InChI=1S/2C5H5.Fe.H2O2/c2*1-2-4-5-3-1;;1-2/h2*1-5H;;1-2H/q-5;-1;;. The van der Waals surface area contributed by atoms with E-state index in [1.54, 1.807) is 0 Å². The van der Waals surface area contributed by atoms with Crippen molar-refractivity contribution in [3.63, 3.8) is 0 Å². The minimum absolute atomic E-state index is 0. The molecule has 0 aromatic heterocycles. The molecule has 0 radical (unpaired) electrons. The summed E-state index contributed by atoms with van der Waals surface area (Å²) in [5, 5.41) is 12.0. The van der Waals surface area contributed by atoms with Crippen LogP contribution in [0, 0.1) is 0 Å². The zero-order chi connectivity index (χ0) is 9.07. The zero-order valence-electron chi connectivity index (χ0n) is 7.02. The topological polar surface area (TPSA) is 40.5 Å². The van der Waals surface area contributed by atoms with Gasteiger partial charge in [0.05, 0.1) is 0 Å². The van der Waals surface area contributed by atoms with Crippen LogP contribution >= 0.6 is 0 Å². The predicted octanol–water partition coefficient (Wildman–Crippen LogP) is 2.83. The minimum atomic E-state index is 0. The van der Waals surface area contributed by atoms with Gasteiger partial charge < -0.3 is 30.3 Å². The van der Waals surface area contributed by atoms with Gasteiger partial charge in [0.25, 0.3) is 0 Å². The van der Waals surface area contributed by atoms with Crippen molar-refractivity contribution in [2.45, 2.75) is 0 Å². The van der Waals surface area contributed by atoms with Gasteiger partial charge in [0, 0.05) is 17.1 Å². The fourth-order valence-corrected chi connectivity index (χ4v) is 0.642. The van der Waals surface area contributed by atoms with Gasteiger partial charge in [0.15, 0.2) is 0 Å². The zero-order valence-corrected chi connectivity index (χ0v) is 8.13. The molecule has 3 heteroatoms. The fraction of sp³-hybridized carbons (Fsp3) is 0. The first-order valence-corrected chi connectivity index (χ1v) is 3.53. The van der Waals surface area contributed by atoms with E-state index >= 15 is 0 Å². The Kier molecular flexibility index (Phi) is 15.5. The molecule has 0 heterocycles. The maximum Gasteiger partial charge on any atom is 0 e. The van der Waals surface area contributed by atoms with Crippen molar-refractivity contribution in [3.8, 4) is 0 Å². The van der Waals surface area contributed by atoms with Crippen molar-refractivity contribution < 1.29 is 27.6 Å². The Labute approximate surface area is 88.6 Å². The van der Waals surface area contributed by atoms with E-state index in [9.17, 15) is 0 Å². The van der Waals surface area contributed by atoms with Crippen LogP contribution < -0.4 is 0 Å². The summed E-state index contributed by atoms with van der Waals surface area (Å²) >= 11 is 0. The maximum atomic E-state index is 6.00. The summed E-state index contributed by atoms with van der Waals surface area (Å²) in [7, 11) is 0. The van der Waals surface area contributed by atoms with E-state index in [4.69, 9.17) is 10.5 Å². The Balaban J connectivity index is 0. The molecule has 0 aliphatic carbocycles. The second-order valence-electron chi connectivity index (χ2n) is 1.92. The molecular formula is C10H12FeO2-6. The molecule has 2 N–H and O–H groups in total. The van der Waals surface area contributed by atoms with Gasteiger partial charge in [-0.3, -0.25) is 10.5 Å². The van der Waals surface area contributed by atoms with Crippen molar-refractivity contribution in [1.82, 2.24) is 0 Å². The molecule has 2 aromatic carbocycles. The SMILES string of the molecule is OO.[Fe].[cH-]1[cH-][cH-][cH-][cH-]1.c1cc[cH-]c1. The van der Waals surface area contributed by atoms with Gasteiger partial charge in [-0.2, -0.15) is 18.2 Å². The van der Waals surface area contributed by atoms with Crippen molar-refractivity contribution >= 4 is 0 Å². The Hall–Kier alpha value is -0.861. The third-order valence-corrected chi connectivity index (χ3v) is 1.11. The molecule has 0 aliphatic rings. The molecule has 0 fully saturated rings. The van der Waals surface area contributed by atoms with Gasteiger partial charge in [-0.15, -0.1) is 0 Å². The quantitative estimate of drug-likeness (QED) is 0.310. The molecule has 13 heavy (non-hydrogen) atoms. The third kappa shape index (κ3) is 11.1. The summed E-state index contributed by atoms with van der Waals surface area (Å²) in [4.78, 5) is 0. The van der Waals surface area contributed by atoms with E-state index in [-0.39, 0.29) is 17.1 Å². The summed E-state index contributed by atoms with van der Waals surface area (Å²) < 4.78 is 0. The van der Waals surface area contributed by atoms with E-state index in [0.29, 0.717) is 0 Å². The van der Waals surface area contributed by atoms with Crippen LogP contribution in [0.4, 0.5) is 0 Å². The summed E-state index contributed by atoms with van der Waals surface area (Å²) in [6.07, 6.45) is 0. The van der Waals surface area contributed by atoms with Crippen LogP contribution in [0.1, 0.15) is 0 Å². The molecular weight excluding hydrogens is 208 g/mol. The van der Waals surface area contributed by atoms with Gasteiger partial charge in [-0.1, -0.05) is 0 Å². The van der Waals surface area contributed by atoms with Crippen LogP contribution in [0.5, 0.6) is 0 Å². The van der Waals surface area contributed by atoms with E-state index in [1.165, 1.54) is 0 Å². The van der Waals surface area contributed by atoms with Crippen molar-refractivity contribution in [2.24, 2.45) is 0 Å². The van der Waals surface area contributed by atoms with Gasteiger partial charge in [-0.05, 0) is 0 Å². The molecule has 0 saturated carbocycles. The Morgan fingerprint density at radius 3 is 1.15 bits per heavy atom. The molecule has 78 valence electrons. The molecule has 0 atom stereocenters. The first-order chi connectivity index (χ1) is 6.00. The minimum Gasteiger partial charge on any atom is -0.748 e. The van der Waals surface area contributed by atoms with Gasteiger partial charge in [0.1, 0.15) is 0 Å². The van der Waals surface area contributed by atoms with Crippen LogP contribution in [0.3, 0.4) is 0 Å². The molecule has 2 aromatic rings. The molecule has 0 amide bonds. The van der Waals surface area contributed by atoms with Crippen molar-refractivity contribution in [1.29, 1.82) is 0 Å². The monoisotopic (exact) mass is 220 g/mol. The Morgan fingerprint density at radius 2 is 1.00 bits per heavy atom. The average Bonchev–Trinajstić information content (AvgIpc) is 2.87. The third-order valence-electron chi connectivity index (χ3n) is 1.11. The Morgan fingerprint density at radius 1 is 0.692 bits per heavy atom. The van der Waals surface area contributed by atoms with E-state index in [2.05, 4.69) is 0 Å². The number of hydrogen-bond donors (Lipinski definition) is 2. The fourth-order valence-electron chi connectivity index (χ4n) is 0.642. The second-order valence-corrected chi connectivity index (χ2v) is 1.92. The summed E-state index contributed by atoms with van der Waals surface area (Å²) in [5.74, 6) is 0. The molecule has 2 nitrogen and oxygen atoms in total. The van der Waals surface area contributed by atoms with Crippen LogP contribution in [-0.2, 0) is 17.1 Å². The van der Waals surface area contributed by atoms with Crippen LogP contribution in [-0.4, -0.2) is 10.5 Å². The largest absolute Gasteiger partial charge is 0.748 e. The molecule has 0 unspecified atom stereocenters. The molecule has 0 bridgehead atoms. The average molecular weight is 220 g/mol. The summed E-state index contributed by atoms with van der Waals surface area (Å²) in [6, 6.07) is 20.0. The molecule has 2 rings (SSSR count). The van der Waals surface area contributed by atoms with Crippen molar-refractivity contribution in [2.75, 3.05) is 0 Å². The number of hydrogen-bond acceptors (Lipinski definition) is 2. The van der Waals surface area contributed by atoms with Crippen LogP contribution in [0.2, 0.25) is 0 Å². The van der Waals surface area contributed by atoms with Gasteiger partial charge in [-0.25, -0.2) is 12.1 Å². The molecule has 0 aliphatic heterocycles. The second kappa shape index (κ2) is 13.7. The van der Waals surface area contributed by atoms with Gasteiger partial charge in [0.2, 0.25) is 0 Å². The van der Waals surface area contributed by atoms with E-state index in [0.717, 1.165) is 0 Å². The van der Waals surface area contributed by atoms with Crippen LogP contribution in [0.25, 0.3) is 0 Å². The van der Waals surface area contributed by atoms with Crippen LogP contribution in [0.15, 0.2) is 60.7 Å². The first-order valence-electron chi connectivity index (χ1n) is 3.53. The summed E-state index contributed by atoms with van der Waals surface area (Å²) in [5.41, 5.74) is 0. The number of rotatable bonds is 0. The Bertz CT molecular complexity index is 152. The normalized spacial score (nSPS) is 6.62. The maximum absolute atomic E-state index is 6.00. The van der Waals surface area contributed by atoms with E-state index < -0.39 is 0 Å². The molecule has 0 spiro atoms. The van der Waals surface area contributed by atoms with Gasteiger partial charge >= 0.3 is 0 Å². The smallest absolute Gasteiger partial charge is 0 e. The summed E-state index contributed by atoms with van der Waals surface area (Å²) in [6.45, 7) is 0. The molecule has 0 saturated heterocycles.